The third kappa shape index (κ3) is 5.49. The van der Waals surface area contributed by atoms with E-state index >= 15 is 0 Å². The van der Waals surface area contributed by atoms with Gasteiger partial charge in [0.2, 0.25) is 0 Å². The number of allylic oxidation sites excluding steroid dienone is 6. The summed E-state index contributed by atoms with van der Waals surface area (Å²) in [7, 11) is 8.41. The molecule has 10 unspecified atom stereocenters. The van der Waals surface area contributed by atoms with Gasteiger partial charge in [-0.2, -0.15) is 0 Å². The van der Waals surface area contributed by atoms with Crippen LogP contribution in [0.2, 0.25) is 24.2 Å². The molecule has 0 spiro atoms. The number of thioether (sulfide) groups is 2. The van der Waals surface area contributed by atoms with Crippen LogP contribution in [0, 0.1) is 56.3 Å². The summed E-state index contributed by atoms with van der Waals surface area (Å²) < 4.78 is 0. The maximum atomic E-state index is 4.93. The van der Waals surface area contributed by atoms with Crippen molar-refractivity contribution in [3.63, 3.8) is 0 Å². The molecule has 4 aliphatic carbocycles. The van der Waals surface area contributed by atoms with E-state index in [2.05, 4.69) is 81.7 Å². The van der Waals surface area contributed by atoms with Gasteiger partial charge in [0.25, 0.3) is 0 Å². The summed E-state index contributed by atoms with van der Waals surface area (Å²) in [5.41, 5.74) is 1.96. The predicted octanol–water partition coefficient (Wildman–Crippen LogP) is 10.6. The molecule has 2 aliphatic heterocycles. The zero-order valence-corrected chi connectivity index (χ0v) is 29.4. The van der Waals surface area contributed by atoms with Crippen molar-refractivity contribution in [1.82, 2.24) is 0 Å². The molecule has 0 radical (unpaired) electrons. The van der Waals surface area contributed by atoms with Crippen LogP contribution < -0.4 is 0 Å². The van der Waals surface area contributed by atoms with Gasteiger partial charge in [0.05, 0.1) is 8.07 Å². The van der Waals surface area contributed by atoms with E-state index < -0.39 is 28.9 Å². The minimum atomic E-state index is -1.46. The molecule has 6 aliphatic rings. The summed E-state index contributed by atoms with van der Waals surface area (Å²) in [6, 6.07) is 0. The molecule has 6 heteroatoms. The third-order valence-electron chi connectivity index (χ3n) is 10.3. The monoisotopic (exact) mass is 646 g/mol. The molecule has 0 nitrogen and oxygen atoms in total. The van der Waals surface area contributed by atoms with Crippen LogP contribution in [0.15, 0.2) is 34.1 Å². The summed E-state index contributed by atoms with van der Waals surface area (Å²) >= 11 is 3.72. The second kappa shape index (κ2) is 12.4. The zero-order valence-electron chi connectivity index (χ0n) is 22.8. The molecule has 3 fully saturated rings. The Kier molecular flexibility index (Phi) is 11.0. The van der Waals surface area contributed by atoms with E-state index in [0.717, 1.165) is 63.0 Å². The van der Waals surface area contributed by atoms with Crippen molar-refractivity contribution in [2.45, 2.75) is 87.6 Å². The SMILES string of the molecule is CC1=CC2C3C=C(C)SC3C([Si](C)(C)C3C(C)CC4C3C=CC3CCCCC34)C2S1.[CH3-].[CH3-].[Cl][Zr+2][Cl]. The van der Waals surface area contributed by atoms with Gasteiger partial charge in [-0.3, -0.25) is 0 Å². The average Bonchev–Trinajstić information content (AvgIpc) is 3.47. The van der Waals surface area contributed by atoms with Crippen molar-refractivity contribution in [3.8, 4) is 0 Å². The second-order valence-corrected chi connectivity index (χ2v) is 23.8. The van der Waals surface area contributed by atoms with Gasteiger partial charge in [-0.15, -0.1) is 23.5 Å². The molecule has 0 amide bonds. The molecule has 3 saturated carbocycles. The molecule has 196 valence electrons. The fraction of sp³-hybridized carbons (Fsp3) is 0.724. The number of halogens is 2. The molecule has 6 rings (SSSR count). The van der Waals surface area contributed by atoms with E-state index in [-0.39, 0.29) is 14.9 Å². The Morgan fingerprint density at radius 2 is 1.37 bits per heavy atom. The number of hydrogen-bond acceptors (Lipinski definition) is 2. The summed E-state index contributed by atoms with van der Waals surface area (Å²) in [6.45, 7) is 13.1. The van der Waals surface area contributed by atoms with Gasteiger partial charge in [-0.05, 0) is 95.4 Å². The summed E-state index contributed by atoms with van der Waals surface area (Å²) in [5, 5.41) is 1.75. The quantitative estimate of drug-likeness (QED) is 0.166. The first-order valence-electron chi connectivity index (χ1n) is 13.1. The molecule has 0 aromatic carbocycles. The zero-order chi connectivity index (χ0) is 23.5. The Bertz CT molecular complexity index is 811. The van der Waals surface area contributed by atoms with Crippen LogP contribution >= 0.6 is 40.5 Å². The number of rotatable bonds is 2. The molecule has 0 aromatic rings. The first kappa shape index (κ1) is 31.1. The van der Waals surface area contributed by atoms with Crippen LogP contribution in [0.5, 0.6) is 0 Å². The van der Waals surface area contributed by atoms with Crippen LogP contribution in [-0.4, -0.2) is 18.6 Å². The number of fused-ring (bicyclic) bond motifs is 6. The Morgan fingerprint density at radius 1 is 0.829 bits per heavy atom. The summed E-state index contributed by atoms with van der Waals surface area (Å²) in [5.74, 6) is 6.42. The van der Waals surface area contributed by atoms with E-state index in [4.69, 9.17) is 17.0 Å². The topological polar surface area (TPSA) is 0 Å². The van der Waals surface area contributed by atoms with Gasteiger partial charge in [0, 0.05) is 10.5 Å². The molecular formula is C29H46Cl2S2SiZr. The number of hydrogen-bond donors (Lipinski definition) is 0. The van der Waals surface area contributed by atoms with Gasteiger partial charge in [-0.25, -0.2) is 0 Å². The van der Waals surface area contributed by atoms with E-state index in [0.29, 0.717) is 0 Å². The van der Waals surface area contributed by atoms with Crippen LogP contribution in [0.25, 0.3) is 0 Å². The van der Waals surface area contributed by atoms with Crippen molar-refractivity contribution < 1.29 is 20.8 Å². The Hall–Kier alpha value is 1.60. The fourth-order valence-corrected chi connectivity index (χ4v) is 20.4. The second-order valence-electron chi connectivity index (χ2n) is 12.3. The standard InChI is InChI=1S/C27H40S2Si.2CH3.2ClH.Zr/c1-15-12-21-19-9-7-6-8-18(19)10-11-20(21)26(15)30(4,5)27-24-22(13-16(2)28-24)23-14-17(3)29-25(23)27;;;;;/h10-11,13-15,18-27H,6-9,12H2,1-5H3;2*1H3;2*1H;/q;2*-1;;;+4/p-2. The van der Waals surface area contributed by atoms with Crippen molar-refractivity contribution in [2.24, 2.45) is 41.4 Å². The first-order chi connectivity index (χ1) is 15.8. The summed E-state index contributed by atoms with van der Waals surface area (Å²) in [4.78, 5) is 3.22. The molecule has 0 saturated heterocycles. The van der Waals surface area contributed by atoms with Crippen LogP contribution in [-0.2, 0) is 20.8 Å². The molecule has 0 N–H and O–H groups in total. The van der Waals surface area contributed by atoms with Crippen molar-refractivity contribution >= 4 is 48.6 Å². The Balaban J connectivity index is 0.000000653. The molecule has 0 aromatic heterocycles. The Morgan fingerprint density at radius 3 is 1.94 bits per heavy atom. The first-order valence-corrected chi connectivity index (χ1v) is 24.4. The maximum absolute atomic E-state index is 4.93. The van der Waals surface area contributed by atoms with Crippen LogP contribution in [0.1, 0.15) is 52.9 Å². The molecule has 10 atom stereocenters. The normalized spacial score (nSPS) is 44.7. The molecular weight excluding hydrogens is 603 g/mol. The summed E-state index contributed by atoms with van der Waals surface area (Å²) in [6.07, 6.45) is 18.3. The van der Waals surface area contributed by atoms with Gasteiger partial charge >= 0.3 is 37.9 Å². The molecule has 0 bridgehead atoms. The van der Waals surface area contributed by atoms with Crippen molar-refractivity contribution in [3.05, 3.63) is 49.0 Å². The van der Waals surface area contributed by atoms with E-state index in [1.807, 2.05) is 0 Å². The van der Waals surface area contributed by atoms with Crippen molar-refractivity contribution in [1.29, 1.82) is 0 Å². The van der Waals surface area contributed by atoms with Gasteiger partial charge < -0.3 is 14.9 Å². The van der Waals surface area contributed by atoms with Gasteiger partial charge in [0.15, 0.2) is 0 Å². The third-order valence-corrected chi connectivity index (χ3v) is 18.7. The van der Waals surface area contributed by atoms with Crippen LogP contribution in [0.4, 0.5) is 0 Å². The van der Waals surface area contributed by atoms with Crippen LogP contribution in [0.3, 0.4) is 0 Å². The van der Waals surface area contributed by atoms with E-state index in [1.54, 1.807) is 9.81 Å². The fourth-order valence-electron chi connectivity index (χ4n) is 9.50. The van der Waals surface area contributed by atoms with Gasteiger partial charge in [0.1, 0.15) is 0 Å². The van der Waals surface area contributed by atoms with E-state index in [9.17, 15) is 0 Å². The Labute approximate surface area is 245 Å². The van der Waals surface area contributed by atoms with Crippen molar-refractivity contribution in [2.75, 3.05) is 0 Å². The van der Waals surface area contributed by atoms with Gasteiger partial charge in [-0.1, -0.05) is 57.2 Å². The molecule has 35 heavy (non-hydrogen) atoms. The van der Waals surface area contributed by atoms with E-state index in [1.165, 1.54) is 32.1 Å². The average molecular weight is 649 g/mol. The molecule has 2 heterocycles. The minimum absolute atomic E-state index is 0. The predicted molar refractivity (Wildman–Crippen MR) is 162 cm³/mol.